The highest BCUT2D eigenvalue weighted by Crippen LogP contribution is 2.24. The van der Waals surface area contributed by atoms with E-state index in [4.69, 9.17) is 4.74 Å². The molecule has 0 saturated heterocycles. The van der Waals surface area contributed by atoms with Crippen LogP contribution in [0.15, 0.2) is 28.7 Å². The monoisotopic (exact) mass is 339 g/mol. The van der Waals surface area contributed by atoms with E-state index in [0.717, 1.165) is 36.7 Å². The Morgan fingerprint density at radius 3 is 2.55 bits per heavy atom. The van der Waals surface area contributed by atoms with Crippen LogP contribution in [0, 0.1) is 5.92 Å². The second-order valence-corrected chi connectivity index (χ2v) is 7.10. The number of benzene rings is 1. The van der Waals surface area contributed by atoms with Crippen LogP contribution in [0.3, 0.4) is 0 Å². The predicted octanol–water partition coefficient (Wildman–Crippen LogP) is 4.35. The molecule has 112 valence electrons. The first kappa shape index (κ1) is 16.0. The van der Waals surface area contributed by atoms with Crippen molar-refractivity contribution in [3.63, 3.8) is 0 Å². The van der Waals surface area contributed by atoms with Gasteiger partial charge in [0.05, 0.1) is 0 Å². The third-order valence-corrected chi connectivity index (χ3v) is 4.16. The number of rotatable bonds is 9. The van der Waals surface area contributed by atoms with Crippen molar-refractivity contribution in [2.75, 3.05) is 19.8 Å². The lowest BCUT2D eigenvalue weighted by molar-refractivity contribution is 0.103. The molecule has 0 bridgehead atoms. The van der Waals surface area contributed by atoms with Gasteiger partial charge in [0, 0.05) is 30.3 Å². The number of hydrogen-bond donors (Lipinski definition) is 1. The Kier molecular flexibility index (Phi) is 6.53. The first-order valence-electron chi connectivity index (χ1n) is 7.71. The Morgan fingerprint density at radius 1 is 1.25 bits per heavy atom. The summed E-state index contributed by atoms with van der Waals surface area (Å²) in [6, 6.07) is 9.49. The second kappa shape index (κ2) is 8.16. The van der Waals surface area contributed by atoms with E-state index in [2.05, 4.69) is 59.4 Å². The maximum Gasteiger partial charge on any atom is 0.0488 e. The summed E-state index contributed by atoms with van der Waals surface area (Å²) in [6.07, 6.45) is 3.78. The fourth-order valence-corrected chi connectivity index (χ4v) is 2.53. The van der Waals surface area contributed by atoms with Crippen molar-refractivity contribution in [2.24, 2.45) is 5.92 Å². The summed E-state index contributed by atoms with van der Waals surface area (Å²) in [5, 5.41) is 3.65. The van der Waals surface area contributed by atoms with Crippen molar-refractivity contribution in [3.8, 4) is 0 Å². The highest BCUT2D eigenvalue weighted by atomic mass is 79.9. The molecule has 0 spiro atoms. The molecule has 1 unspecified atom stereocenters. The molecule has 1 aromatic rings. The maximum absolute atomic E-state index is 5.76. The Bertz CT molecular complexity index is 386. The molecule has 2 nitrogen and oxygen atoms in total. The smallest absolute Gasteiger partial charge is 0.0488 e. The lowest BCUT2D eigenvalue weighted by Gasteiger charge is -2.19. The van der Waals surface area contributed by atoms with E-state index in [0.29, 0.717) is 11.8 Å². The van der Waals surface area contributed by atoms with Crippen molar-refractivity contribution in [1.29, 1.82) is 0 Å². The molecule has 2 rings (SSSR count). The van der Waals surface area contributed by atoms with Crippen LogP contribution in [0.1, 0.15) is 44.6 Å². The Balaban J connectivity index is 1.83. The molecular formula is C17H26BrNO. The minimum atomic E-state index is 0.552. The van der Waals surface area contributed by atoms with Gasteiger partial charge in [-0.3, -0.25) is 0 Å². The number of ether oxygens (including phenoxy) is 1. The fourth-order valence-electron chi connectivity index (χ4n) is 2.26. The molecule has 0 heterocycles. The van der Waals surface area contributed by atoms with Gasteiger partial charge in [0.2, 0.25) is 0 Å². The quantitative estimate of drug-likeness (QED) is 0.675. The third-order valence-electron chi connectivity index (χ3n) is 3.63. The zero-order chi connectivity index (χ0) is 14.4. The van der Waals surface area contributed by atoms with Gasteiger partial charge in [-0.2, -0.15) is 0 Å². The second-order valence-electron chi connectivity index (χ2n) is 6.19. The van der Waals surface area contributed by atoms with E-state index in [-0.39, 0.29) is 0 Å². The Hall–Kier alpha value is -0.380. The van der Waals surface area contributed by atoms with Gasteiger partial charge < -0.3 is 10.1 Å². The van der Waals surface area contributed by atoms with Crippen LogP contribution in [0.2, 0.25) is 0 Å². The molecule has 0 aromatic heterocycles. The topological polar surface area (TPSA) is 21.3 Å². The van der Waals surface area contributed by atoms with E-state index in [1.807, 2.05) is 0 Å². The van der Waals surface area contributed by atoms with Crippen molar-refractivity contribution in [3.05, 3.63) is 34.3 Å². The zero-order valence-electron chi connectivity index (χ0n) is 12.6. The molecule has 0 amide bonds. The van der Waals surface area contributed by atoms with Gasteiger partial charge in [-0.05, 0) is 48.8 Å². The molecule has 0 aliphatic heterocycles. The summed E-state index contributed by atoms with van der Waals surface area (Å²) in [5.41, 5.74) is 1.41. The van der Waals surface area contributed by atoms with Gasteiger partial charge in [0.1, 0.15) is 0 Å². The first-order valence-corrected chi connectivity index (χ1v) is 8.51. The highest BCUT2D eigenvalue weighted by Gasteiger charge is 2.22. The molecule has 3 heteroatoms. The molecule has 1 saturated carbocycles. The van der Waals surface area contributed by atoms with Gasteiger partial charge in [-0.1, -0.05) is 41.9 Å². The van der Waals surface area contributed by atoms with Crippen LogP contribution in [0.5, 0.6) is 0 Å². The average molecular weight is 340 g/mol. The largest absolute Gasteiger partial charge is 0.381 e. The summed E-state index contributed by atoms with van der Waals surface area (Å²) in [5.74, 6) is 1.17. The van der Waals surface area contributed by atoms with Gasteiger partial charge in [-0.25, -0.2) is 0 Å². The predicted molar refractivity (Wildman–Crippen MR) is 88.2 cm³/mol. The van der Waals surface area contributed by atoms with Crippen LogP contribution in [-0.4, -0.2) is 25.8 Å². The minimum absolute atomic E-state index is 0.552. The lowest BCUT2D eigenvalue weighted by Crippen LogP contribution is -2.24. The van der Waals surface area contributed by atoms with E-state index in [1.54, 1.807) is 0 Å². The van der Waals surface area contributed by atoms with E-state index < -0.39 is 0 Å². The number of halogens is 1. The summed E-state index contributed by atoms with van der Waals surface area (Å²) in [6.45, 7) is 7.17. The van der Waals surface area contributed by atoms with E-state index in [9.17, 15) is 0 Å². The standard InChI is InChI=1S/C17H26BrNO/c1-13(2)12-20-10-9-15(11-19-17-7-8-17)14-3-5-16(18)6-4-14/h3-6,13,15,17,19H,7-12H2,1-2H3. The molecule has 1 aliphatic carbocycles. The van der Waals surface area contributed by atoms with Crippen LogP contribution < -0.4 is 5.32 Å². The SMILES string of the molecule is CC(C)COCCC(CNC1CC1)c1ccc(Br)cc1. The average Bonchev–Trinajstić information content (AvgIpc) is 3.23. The molecule has 0 radical (unpaired) electrons. The molecule has 1 atom stereocenters. The Labute approximate surface area is 131 Å². The van der Waals surface area contributed by atoms with E-state index in [1.165, 1.54) is 18.4 Å². The van der Waals surface area contributed by atoms with Gasteiger partial charge in [0.25, 0.3) is 0 Å². The van der Waals surface area contributed by atoms with Crippen molar-refractivity contribution >= 4 is 15.9 Å². The molecule has 1 N–H and O–H groups in total. The van der Waals surface area contributed by atoms with Crippen LogP contribution in [0.4, 0.5) is 0 Å². The fraction of sp³-hybridized carbons (Fsp3) is 0.647. The number of nitrogens with one attached hydrogen (secondary N) is 1. The van der Waals surface area contributed by atoms with Gasteiger partial charge >= 0.3 is 0 Å². The molecule has 20 heavy (non-hydrogen) atoms. The van der Waals surface area contributed by atoms with Crippen molar-refractivity contribution in [2.45, 2.75) is 45.1 Å². The van der Waals surface area contributed by atoms with Crippen LogP contribution >= 0.6 is 15.9 Å². The van der Waals surface area contributed by atoms with Gasteiger partial charge in [-0.15, -0.1) is 0 Å². The summed E-state index contributed by atoms with van der Waals surface area (Å²) in [7, 11) is 0. The van der Waals surface area contributed by atoms with Crippen LogP contribution in [-0.2, 0) is 4.74 Å². The summed E-state index contributed by atoms with van der Waals surface area (Å²) in [4.78, 5) is 0. The first-order chi connectivity index (χ1) is 9.65. The van der Waals surface area contributed by atoms with Crippen LogP contribution in [0.25, 0.3) is 0 Å². The normalized spacial score (nSPS) is 16.6. The van der Waals surface area contributed by atoms with Gasteiger partial charge in [0.15, 0.2) is 0 Å². The molecule has 1 fully saturated rings. The lowest BCUT2D eigenvalue weighted by atomic mass is 9.96. The molecule has 1 aromatic carbocycles. The maximum atomic E-state index is 5.76. The van der Waals surface area contributed by atoms with E-state index >= 15 is 0 Å². The third kappa shape index (κ3) is 5.94. The number of hydrogen-bond acceptors (Lipinski definition) is 2. The van der Waals surface area contributed by atoms with Crippen molar-refractivity contribution in [1.82, 2.24) is 5.32 Å². The molecular weight excluding hydrogens is 314 g/mol. The van der Waals surface area contributed by atoms with Crippen molar-refractivity contribution < 1.29 is 4.74 Å². The summed E-state index contributed by atoms with van der Waals surface area (Å²) >= 11 is 3.51. The molecule has 1 aliphatic rings. The minimum Gasteiger partial charge on any atom is -0.381 e. The zero-order valence-corrected chi connectivity index (χ0v) is 14.2. The summed E-state index contributed by atoms with van der Waals surface area (Å²) < 4.78 is 6.90. The Morgan fingerprint density at radius 2 is 1.95 bits per heavy atom. The highest BCUT2D eigenvalue weighted by molar-refractivity contribution is 9.10.